The first kappa shape index (κ1) is 16.2. The average molecular weight is 304 g/mol. The Kier molecular flexibility index (Phi) is 6.88. The first-order chi connectivity index (χ1) is 8.18. The van der Waals surface area contributed by atoms with Crippen molar-refractivity contribution in [2.45, 2.75) is 0 Å². The Labute approximate surface area is 158 Å². The fraction of sp³-hybridized carbons (Fsp3) is 0. The molecule has 0 fully saturated rings. The average Bonchev–Trinajstić information content (AvgIpc) is 2.30. The van der Waals surface area contributed by atoms with Crippen LogP contribution in [0.3, 0.4) is 0 Å². The molecule has 0 heterocycles. The van der Waals surface area contributed by atoms with Crippen LogP contribution in [0, 0.1) is 6.07 Å². The van der Waals surface area contributed by atoms with Gasteiger partial charge in [0, 0.05) is 0 Å². The molecule has 0 aromatic heterocycles. The minimum Gasteiger partial charge on any atom is -0.345 e. The maximum absolute atomic E-state index is 12.0. The number of carbonyl (C=O) groups excluding carboxylic acids is 1. The minimum atomic E-state index is -0.344. The summed E-state index contributed by atoms with van der Waals surface area (Å²) in [6.45, 7) is 0. The number of hydrogen-bond acceptors (Lipinski definition) is 1. The molecule has 1 amide bonds. The van der Waals surface area contributed by atoms with Gasteiger partial charge in [0.25, 0.3) is 5.91 Å². The van der Waals surface area contributed by atoms with Crippen LogP contribution < -0.4 is 56.7 Å². The van der Waals surface area contributed by atoms with Gasteiger partial charge < -0.3 is 5.32 Å². The van der Waals surface area contributed by atoms with Crippen LogP contribution in [0.2, 0.25) is 10.0 Å². The van der Waals surface area contributed by atoms with Crippen molar-refractivity contribution in [1.82, 2.24) is 0 Å². The molecule has 0 saturated heterocycles. The van der Waals surface area contributed by atoms with E-state index in [-0.39, 0.29) is 62.9 Å². The molecule has 86 valence electrons. The zero-order valence-corrected chi connectivity index (χ0v) is 14.3. The molecule has 2 nitrogen and oxygen atoms in total. The van der Waals surface area contributed by atoms with Crippen molar-refractivity contribution in [3.8, 4) is 0 Å². The number of para-hydroxylation sites is 1. The largest absolute Gasteiger partial charge is 1.00 e. The summed E-state index contributed by atoms with van der Waals surface area (Å²) in [6.07, 6.45) is 0. The molecule has 0 radical (unpaired) electrons. The predicted octanol–water partition coefficient (Wildman–Crippen LogP) is 1.05. The maximum Gasteiger partial charge on any atom is 1.00 e. The third-order valence-corrected chi connectivity index (χ3v) is 2.78. The molecule has 0 unspecified atom stereocenters. The molecular formula is C13H8Cl2KNO. The van der Waals surface area contributed by atoms with E-state index in [9.17, 15) is 4.79 Å². The van der Waals surface area contributed by atoms with E-state index in [1.165, 1.54) is 0 Å². The van der Waals surface area contributed by atoms with Gasteiger partial charge >= 0.3 is 51.4 Å². The van der Waals surface area contributed by atoms with Crippen molar-refractivity contribution >= 4 is 34.8 Å². The Morgan fingerprint density at radius 2 is 1.72 bits per heavy atom. The van der Waals surface area contributed by atoms with Crippen LogP contribution in [-0.4, -0.2) is 5.91 Å². The molecule has 0 aliphatic heterocycles. The monoisotopic (exact) mass is 303 g/mol. The summed E-state index contributed by atoms with van der Waals surface area (Å²) in [4.78, 5) is 12.0. The molecule has 0 saturated carbocycles. The first-order valence-electron chi connectivity index (χ1n) is 4.90. The standard InChI is InChI=1S/C13H8Cl2NO.K/c14-10-7-4-8-11(15)12(10)13(17)16-9-5-2-1-3-6-9;/h1-5,7-8H,(H,16,17);/q-1;+1. The Morgan fingerprint density at radius 3 is 2.28 bits per heavy atom. The summed E-state index contributed by atoms with van der Waals surface area (Å²) in [5.41, 5.74) is 0.849. The van der Waals surface area contributed by atoms with Crippen molar-refractivity contribution in [1.29, 1.82) is 0 Å². The first-order valence-corrected chi connectivity index (χ1v) is 5.66. The SMILES string of the molecule is O=C(Nc1[c-]cccc1)c1c(Cl)cccc1Cl.[K+]. The molecule has 2 rings (SSSR count). The Hall–Kier alpha value is 0.126. The summed E-state index contributed by atoms with van der Waals surface area (Å²) in [5, 5.41) is 3.33. The zero-order valence-electron chi connectivity index (χ0n) is 9.71. The van der Waals surface area contributed by atoms with Crippen LogP contribution in [0.1, 0.15) is 10.4 Å². The van der Waals surface area contributed by atoms with Gasteiger partial charge in [0.1, 0.15) is 0 Å². The van der Waals surface area contributed by atoms with E-state index in [4.69, 9.17) is 23.2 Å². The van der Waals surface area contributed by atoms with Crippen LogP contribution in [0.25, 0.3) is 0 Å². The number of hydrogen-bond donors (Lipinski definition) is 1. The number of nitrogens with one attached hydrogen (secondary N) is 1. The van der Waals surface area contributed by atoms with Gasteiger partial charge in [-0.1, -0.05) is 35.0 Å². The Balaban J connectivity index is 0.00000162. The molecule has 0 spiro atoms. The molecular weight excluding hydrogens is 296 g/mol. The quantitative estimate of drug-likeness (QED) is 0.652. The number of halogens is 2. The molecule has 0 atom stereocenters. The van der Waals surface area contributed by atoms with Crippen molar-refractivity contribution in [3.05, 3.63) is 64.1 Å². The molecule has 5 heteroatoms. The number of benzene rings is 2. The molecule has 0 aliphatic carbocycles. The third-order valence-electron chi connectivity index (χ3n) is 2.15. The molecule has 0 bridgehead atoms. The number of amides is 1. The number of anilines is 1. The molecule has 18 heavy (non-hydrogen) atoms. The van der Waals surface area contributed by atoms with Crippen LogP contribution in [-0.2, 0) is 0 Å². The third kappa shape index (κ3) is 4.07. The van der Waals surface area contributed by atoms with Gasteiger partial charge in [-0.2, -0.15) is 24.3 Å². The van der Waals surface area contributed by atoms with E-state index in [0.717, 1.165) is 0 Å². The van der Waals surface area contributed by atoms with Crippen molar-refractivity contribution in [2.75, 3.05) is 5.32 Å². The van der Waals surface area contributed by atoms with Gasteiger partial charge in [0.05, 0.1) is 15.6 Å². The van der Waals surface area contributed by atoms with Crippen LogP contribution in [0.4, 0.5) is 5.69 Å². The van der Waals surface area contributed by atoms with Crippen LogP contribution in [0.5, 0.6) is 0 Å². The fourth-order valence-electron chi connectivity index (χ4n) is 1.37. The predicted molar refractivity (Wildman–Crippen MR) is 69.7 cm³/mol. The Morgan fingerprint density at radius 1 is 1.06 bits per heavy atom. The minimum absolute atomic E-state index is 0. The van der Waals surface area contributed by atoms with Gasteiger partial charge in [-0.15, -0.1) is 6.07 Å². The second-order valence-electron chi connectivity index (χ2n) is 3.33. The maximum atomic E-state index is 12.0. The summed E-state index contributed by atoms with van der Waals surface area (Å²) in [6, 6.07) is 14.9. The van der Waals surface area contributed by atoms with Crippen molar-refractivity contribution in [3.63, 3.8) is 0 Å². The van der Waals surface area contributed by atoms with Gasteiger partial charge in [0.2, 0.25) is 0 Å². The van der Waals surface area contributed by atoms with Gasteiger partial charge in [0.15, 0.2) is 0 Å². The summed E-state index contributed by atoms with van der Waals surface area (Å²) in [5.74, 6) is -0.344. The second kappa shape index (κ2) is 7.65. The van der Waals surface area contributed by atoms with Crippen LogP contribution in [0.15, 0.2) is 42.5 Å². The van der Waals surface area contributed by atoms with Crippen molar-refractivity contribution in [2.24, 2.45) is 0 Å². The van der Waals surface area contributed by atoms with Crippen LogP contribution >= 0.6 is 23.2 Å². The molecule has 0 aliphatic rings. The van der Waals surface area contributed by atoms with E-state index in [1.807, 2.05) is 6.07 Å². The second-order valence-corrected chi connectivity index (χ2v) is 4.14. The smallest absolute Gasteiger partial charge is 0.345 e. The fourth-order valence-corrected chi connectivity index (χ4v) is 1.94. The summed E-state index contributed by atoms with van der Waals surface area (Å²) in [7, 11) is 0. The van der Waals surface area contributed by atoms with Gasteiger partial charge in [-0.25, -0.2) is 0 Å². The van der Waals surface area contributed by atoms with Gasteiger partial charge in [-0.05, 0) is 12.1 Å². The number of carbonyl (C=O) groups is 1. The van der Waals surface area contributed by atoms with E-state index >= 15 is 0 Å². The van der Waals surface area contributed by atoms with Crippen molar-refractivity contribution < 1.29 is 56.2 Å². The normalized spacial score (nSPS) is 9.44. The van der Waals surface area contributed by atoms with E-state index in [0.29, 0.717) is 15.7 Å². The topological polar surface area (TPSA) is 29.1 Å². The summed E-state index contributed by atoms with van der Waals surface area (Å²) >= 11 is 11.9. The van der Waals surface area contributed by atoms with Gasteiger partial charge in [-0.3, -0.25) is 4.79 Å². The van der Waals surface area contributed by atoms with E-state index in [1.54, 1.807) is 36.4 Å². The summed E-state index contributed by atoms with van der Waals surface area (Å²) < 4.78 is 0. The number of rotatable bonds is 2. The molecule has 2 aromatic rings. The molecule has 2 aromatic carbocycles. The van der Waals surface area contributed by atoms with E-state index < -0.39 is 0 Å². The zero-order chi connectivity index (χ0) is 12.3. The Bertz CT molecular complexity index is 526. The van der Waals surface area contributed by atoms with E-state index in [2.05, 4.69) is 11.4 Å². The molecule has 1 N–H and O–H groups in total.